The Morgan fingerprint density at radius 2 is 1.95 bits per heavy atom. The van der Waals surface area contributed by atoms with Crippen LogP contribution in [-0.2, 0) is 6.18 Å². The summed E-state index contributed by atoms with van der Waals surface area (Å²) in [5.74, 6) is -0.758. The van der Waals surface area contributed by atoms with Gasteiger partial charge in [0.05, 0.1) is 11.1 Å². The Morgan fingerprint density at radius 1 is 1.25 bits per heavy atom. The molecule has 104 valence electrons. The van der Waals surface area contributed by atoms with Crippen LogP contribution >= 0.6 is 15.9 Å². The highest BCUT2D eigenvalue weighted by Gasteiger charge is 2.35. The third kappa shape index (κ3) is 2.82. The van der Waals surface area contributed by atoms with Crippen molar-refractivity contribution < 1.29 is 18.0 Å². The van der Waals surface area contributed by atoms with Gasteiger partial charge in [-0.25, -0.2) is 0 Å². The topological polar surface area (TPSA) is 56.0 Å². The van der Waals surface area contributed by atoms with E-state index in [1.54, 1.807) is 0 Å². The lowest BCUT2D eigenvalue weighted by molar-refractivity contribution is -0.137. The van der Waals surface area contributed by atoms with Crippen molar-refractivity contribution in [2.75, 3.05) is 5.73 Å². The molecule has 7 heteroatoms. The largest absolute Gasteiger partial charge is 0.417 e. The molecule has 0 aliphatic carbocycles. The van der Waals surface area contributed by atoms with Gasteiger partial charge in [-0.2, -0.15) is 13.2 Å². The highest BCUT2D eigenvalue weighted by atomic mass is 79.9. The first kappa shape index (κ1) is 14.5. The van der Waals surface area contributed by atoms with Crippen molar-refractivity contribution in [2.24, 2.45) is 0 Å². The summed E-state index contributed by atoms with van der Waals surface area (Å²) < 4.78 is 39.0. The van der Waals surface area contributed by atoms with Crippen LogP contribution in [0.1, 0.15) is 21.5 Å². The van der Waals surface area contributed by atoms with Gasteiger partial charge in [0.25, 0.3) is 0 Å². The first-order valence-electron chi connectivity index (χ1n) is 5.41. The van der Waals surface area contributed by atoms with Crippen LogP contribution in [0.5, 0.6) is 0 Å². The molecule has 0 spiro atoms. The molecule has 0 amide bonds. The van der Waals surface area contributed by atoms with Gasteiger partial charge in [-0.3, -0.25) is 9.78 Å². The summed E-state index contributed by atoms with van der Waals surface area (Å²) in [6, 6.07) is 4.97. The fourth-order valence-corrected chi connectivity index (χ4v) is 2.03. The van der Waals surface area contributed by atoms with Gasteiger partial charge in [-0.1, -0.05) is 0 Å². The summed E-state index contributed by atoms with van der Waals surface area (Å²) in [4.78, 5) is 15.8. The van der Waals surface area contributed by atoms with Gasteiger partial charge in [0, 0.05) is 28.1 Å². The maximum atomic E-state index is 12.9. The molecule has 0 unspecified atom stereocenters. The molecule has 2 N–H and O–H groups in total. The van der Waals surface area contributed by atoms with Gasteiger partial charge in [-0.15, -0.1) is 0 Å². The molecular formula is C13H8BrF3N2O. The molecule has 20 heavy (non-hydrogen) atoms. The summed E-state index contributed by atoms with van der Waals surface area (Å²) in [7, 11) is 0. The number of carbonyl (C=O) groups is 1. The SMILES string of the molecule is Nc1ccc(C(=O)c2cnccc2C(F)(F)F)cc1Br. The molecule has 2 rings (SSSR count). The monoisotopic (exact) mass is 344 g/mol. The number of hydrogen-bond donors (Lipinski definition) is 1. The number of benzene rings is 1. The molecular weight excluding hydrogens is 337 g/mol. The third-order valence-electron chi connectivity index (χ3n) is 2.63. The van der Waals surface area contributed by atoms with Gasteiger partial charge in [-0.05, 0) is 40.2 Å². The number of nitrogens with zero attached hydrogens (tertiary/aromatic N) is 1. The average Bonchev–Trinajstić information content (AvgIpc) is 2.40. The van der Waals surface area contributed by atoms with Crippen molar-refractivity contribution >= 4 is 27.4 Å². The van der Waals surface area contributed by atoms with Crippen molar-refractivity contribution in [3.63, 3.8) is 0 Å². The number of halogens is 4. The molecule has 0 aliphatic rings. The Kier molecular flexibility index (Phi) is 3.80. The van der Waals surface area contributed by atoms with Crippen molar-refractivity contribution in [1.29, 1.82) is 0 Å². The lowest BCUT2D eigenvalue weighted by Crippen LogP contribution is -2.14. The molecule has 2 aromatic rings. The summed E-state index contributed by atoms with van der Waals surface area (Å²) in [5, 5.41) is 0. The zero-order valence-electron chi connectivity index (χ0n) is 9.91. The number of hydrogen-bond acceptors (Lipinski definition) is 3. The average molecular weight is 345 g/mol. The Balaban J connectivity index is 2.51. The molecule has 0 atom stereocenters. The Morgan fingerprint density at radius 3 is 2.55 bits per heavy atom. The van der Waals surface area contributed by atoms with Gasteiger partial charge >= 0.3 is 6.18 Å². The van der Waals surface area contributed by atoms with Crippen LogP contribution in [0.2, 0.25) is 0 Å². The van der Waals surface area contributed by atoms with Crippen molar-refractivity contribution in [3.8, 4) is 0 Å². The second-order valence-electron chi connectivity index (χ2n) is 3.98. The first-order chi connectivity index (χ1) is 9.30. The van der Waals surface area contributed by atoms with E-state index in [1.165, 1.54) is 18.2 Å². The fourth-order valence-electron chi connectivity index (χ4n) is 1.65. The predicted octanol–water partition coefficient (Wildman–Crippen LogP) is 3.68. The number of rotatable bonds is 2. The predicted molar refractivity (Wildman–Crippen MR) is 71.2 cm³/mol. The zero-order chi connectivity index (χ0) is 14.9. The summed E-state index contributed by atoms with van der Waals surface area (Å²) in [6.07, 6.45) is -2.70. The molecule has 0 saturated carbocycles. The van der Waals surface area contributed by atoms with Crippen LogP contribution in [0, 0.1) is 0 Å². The van der Waals surface area contributed by atoms with Crippen LogP contribution in [0.3, 0.4) is 0 Å². The Bertz CT molecular complexity index is 671. The van der Waals surface area contributed by atoms with E-state index in [0.29, 0.717) is 10.2 Å². The first-order valence-corrected chi connectivity index (χ1v) is 6.21. The van der Waals surface area contributed by atoms with Crippen molar-refractivity contribution in [2.45, 2.75) is 6.18 Å². The highest BCUT2D eigenvalue weighted by molar-refractivity contribution is 9.10. The third-order valence-corrected chi connectivity index (χ3v) is 3.32. The lowest BCUT2D eigenvalue weighted by atomic mass is 10.00. The molecule has 1 heterocycles. The minimum Gasteiger partial charge on any atom is -0.398 e. The number of alkyl halides is 3. The smallest absolute Gasteiger partial charge is 0.398 e. The quantitative estimate of drug-likeness (QED) is 0.667. The molecule has 0 bridgehead atoms. The number of aromatic nitrogens is 1. The molecule has 0 aliphatic heterocycles. The molecule has 3 nitrogen and oxygen atoms in total. The van der Waals surface area contributed by atoms with Crippen molar-refractivity contribution in [1.82, 2.24) is 4.98 Å². The van der Waals surface area contributed by atoms with E-state index in [4.69, 9.17) is 5.73 Å². The van der Waals surface area contributed by atoms with Crippen molar-refractivity contribution in [3.05, 3.63) is 57.8 Å². The summed E-state index contributed by atoms with van der Waals surface area (Å²) in [6.45, 7) is 0. The number of nitrogen functional groups attached to an aromatic ring is 1. The second kappa shape index (κ2) is 5.24. The minimum absolute atomic E-state index is 0.101. The van der Waals surface area contributed by atoms with Gasteiger partial charge in [0.2, 0.25) is 0 Å². The number of nitrogens with two attached hydrogens (primary N) is 1. The molecule has 0 fully saturated rings. The summed E-state index contributed by atoms with van der Waals surface area (Å²) >= 11 is 3.13. The summed E-state index contributed by atoms with van der Waals surface area (Å²) in [5.41, 5.74) is 4.57. The number of ketones is 1. The van der Waals surface area contributed by atoms with Gasteiger partial charge < -0.3 is 5.73 Å². The van der Waals surface area contributed by atoms with Crippen LogP contribution in [-0.4, -0.2) is 10.8 Å². The number of carbonyl (C=O) groups excluding carboxylic acids is 1. The fraction of sp³-hybridized carbons (Fsp3) is 0.0769. The standard InChI is InChI=1S/C13H8BrF3N2O/c14-10-5-7(1-2-11(10)18)12(20)8-6-19-4-3-9(8)13(15,16)17/h1-6H,18H2. The zero-order valence-corrected chi connectivity index (χ0v) is 11.5. The Hall–Kier alpha value is -1.89. The van der Waals surface area contributed by atoms with E-state index in [1.807, 2.05) is 0 Å². The van der Waals surface area contributed by atoms with E-state index in [2.05, 4.69) is 20.9 Å². The van der Waals surface area contributed by atoms with Crippen LogP contribution in [0.4, 0.5) is 18.9 Å². The molecule has 0 radical (unpaired) electrons. The van der Waals surface area contributed by atoms with E-state index in [0.717, 1.165) is 18.5 Å². The lowest BCUT2D eigenvalue weighted by Gasteiger charge is -2.11. The maximum absolute atomic E-state index is 12.9. The van der Waals surface area contributed by atoms with Gasteiger partial charge in [0.1, 0.15) is 0 Å². The van der Waals surface area contributed by atoms with Crippen LogP contribution < -0.4 is 5.73 Å². The van der Waals surface area contributed by atoms with E-state index >= 15 is 0 Å². The highest BCUT2D eigenvalue weighted by Crippen LogP contribution is 2.33. The Labute approximate surface area is 120 Å². The molecule has 1 aromatic carbocycles. The van der Waals surface area contributed by atoms with Crippen LogP contribution in [0.15, 0.2) is 41.1 Å². The molecule has 1 aromatic heterocycles. The normalized spacial score (nSPS) is 11.4. The van der Waals surface area contributed by atoms with E-state index in [9.17, 15) is 18.0 Å². The minimum atomic E-state index is -4.61. The molecule has 0 saturated heterocycles. The number of anilines is 1. The van der Waals surface area contributed by atoms with E-state index < -0.39 is 23.1 Å². The van der Waals surface area contributed by atoms with Gasteiger partial charge in [0.15, 0.2) is 5.78 Å². The maximum Gasteiger partial charge on any atom is 0.417 e. The second-order valence-corrected chi connectivity index (χ2v) is 4.84. The van der Waals surface area contributed by atoms with Crippen LogP contribution in [0.25, 0.3) is 0 Å². The number of pyridine rings is 1. The van der Waals surface area contributed by atoms with E-state index in [-0.39, 0.29) is 5.56 Å².